The average molecular weight is 452 g/mol. The molecule has 1 aromatic carbocycles. The summed E-state index contributed by atoms with van der Waals surface area (Å²) in [7, 11) is 1.28. The Hall–Kier alpha value is -4.72. The maximum atomic E-state index is 12.2. The number of nitrogens with one attached hydrogen (secondary N) is 1. The van der Waals surface area contributed by atoms with Gasteiger partial charge in [0.2, 0.25) is 0 Å². The van der Waals surface area contributed by atoms with Crippen molar-refractivity contribution in [2.24, 2.45) is 0 Å². The highest BCUT2D eigenvalue weighted by Crippen LogP contribution is 2.28. The van der Waals surface area contributed by atoms with Gasteiger partial charge >= 0.3 is 5.97 Å². The highest BCUT2D eigenvalue weighted by Gasteiger charge is 2.11. The number of rotatable bonds is 6. The summed E-state index contributed by atoms with van der Waals surface area (Å²) < 4.78 is 11.8. The number of nitrogens with zero attached hydrogens (tertiary/aromatic N) is 3. The third-order valence-electron chi connectivity index (χ3n) is 5.48. The number of amides is 1. The van der Waals surface area contributed by atoms with Crippen LogP contribution in [0.1, 0.15) is 10.4 Å². The molecule has 5 rings (SSSR count). The molecule has 0 spiro atoms. The van der Waals surface area contributed by atoms with Crippen LogP contribution < -0.4 is 5.32 Å². The standard InChI is InChI=1S/C26H20N4O4/c1-33-25(31)14-29-26(32)18-4-2-17(3-5-18)20-6-7-24-28-13-23(30(24)15-20)19-8-10-27-22(12-19)21-9-11-34-16-21/h2-13,15-16H,14H2,1H3,(H,29,32). The van der Waals surface area contributed by atoms with E-state index in [4.69, 9.17) is 4.42 Å². The summed E-state index contributed by atoms with van der Waals surface area (Å²) in [6, 6.07) is 16.9. The molecule has 0 atom stereocenters. The van der Waals surface area contributed by atoms with Crippen molar-refractivity contribution in [3.05, 3.63) is 91.3 Å². The highest BCUT2D eigenvalue weighted by atomic mass is 16.5. The van der Waals surface area contributed by atoms with Crippen molar-refractivity contribution in [1.82, 2.24) is 19.7 Å². The summed E-state index contributed by atoms with van der Waals surface area (Å²) in [6.07, 6.45) is 8.91. The van der Waals surface area contributed by atoms with Gasteiger partial charge in [0.1, 0.15) is 12.2 Å². The zero-order valence-electron chi connectivity index (χ0n) is 18.3. The molecule has 0 radical (unpaired) electrons. The maximum absolute atomic E-state index is 12.2. The molecule has 1 N–H and O–H groups in total. The lowest BCUT2D eigenvalue weighted by Crippen LogP contribution is -2.30. The van der Waals surface area contributed by atoms with Gasteiger partial charge < -0.3 is 14.5 Å². The minimum Gasteiger partial charge on any atom is -0.472 e. The van der Waals surface area contributed by atoms with E-state index in [0.29, 0.717) is 5.56 Å². The summed E-state index contributed by atoms with van der Waals surface area (Å²) in [5.74, 6) is -0.837. The Morgan fingerprint density at radius 3 is 2.56 bits per heavy atom. The largest absolute Gasteiger partial charge is 0.472 e. The number of pyridine rings is 2. The van der Waals surface area contributed by atoms with E-state index in [2.05, 4.69) is 20.0 Å². The quantitative estimate of drug-likeness (QED) is 0.387. The second-order valence-electron chi connectivity index (χ2n) is 7.57. The maximum Gasteiger partial charge on any atom is 0.325 e. The van der Waals surface area contributed by atoms with Gasteiger partial charge in [0, 0.05) is 29.1 Å². The first-order chi connectivity index (χ1) is 16.6. The molecule has 0 aliphatic rings. The zero-order chi connectivity index (χ0) is 23.5. The summed E-state index contributed by atoms with van der Waals surface area (Å²) in [5, 5.41) is 2.53. The fourth-order valence-corrected chi connectivity index (χ4v) is 3.66. The van der Waals surface area contributed by atoms with Crippen molar-refractivity contribution in [1.29, 1.82) is 0 Å². The zero-order valence-corrected chi connectivity index (χ0v) is 18.3. The van der Waals surface area contributed by atoms with E-state index in [1.165, 1.54) is 7.11 Å². The monoisotopic (exact) mass is 452 g/mol. The lowest BCUT2D eigenvalue weighted by atomic mass is 10.0. The van der Waals surface area contributed by atoms with Gasteiger partial charge in [-0.3, -0.25) is 19.0 Å². The van der Waals surface area contributed by atoms with Gasteiger partial charge in [0.15, 0.2) is 0 Å². The van der Waals surface area contributed by atoms with Crippen molar-refractivity contribution in [3.63, 3.8) is 0 Å². The molecule has 0 fully saturated rings. The SMILES string of the molecule is COC(=O)CNC(=O)c1ccc(-c2ccc3ncc(-c4ccnc(-c5ccoc5)c4)n3c2)cc1. The van der Waals surface area contributed by atoms with Gasteiger partial charge in [-0.05, 0) is 53.6 Å². The number of furan rings is 1. The Morgan fingerprint density at radius 2 is 1.79 bits per heavy atom. The third kappa shape index (κ3) is 4.16. The molecule has 0 aliphatic carbocycles. The van der Waals surface area contributed by atoms with Crippen LogP contribution in [0.4, 0.5) is 0 Å². The Bertz CT molecular complexity index is 1470. The Morgan fingerprint density at radius 1 is 0.971 bits per heavy atom. The van der Waals surface area contributed by atoms with E-state index in [1.807, 2.05) is 59.3 Å². The molecular formula is C26H20N4O4. The van der Waals surface area contributed by atoms with E-state index in [-0.39, 0.29) is 12.5 Å². The number of benzene rings is 1. The van der Waals surface area contributed by atoms with Crippen LogP contribution in [-0.4, -0.2) is 39.9 Å². The number of aromatic nitrogens is 3. The Labute approximate surface area is 194 Å². The summed E-state index contributed by atoms with van der Waals surface area (Å²) >= 11 is 0. The number of carbonyl (C=O) groups is 2. The molecule has 4 heterocycles. The molecule has 0 saturated carbocycles. The minimum atomic E-state index is -0.500. The number of carbonyl (C=O) groups excluding carboxylic acids is 2. The van der Waals surface area contributed by atoms with Crippen LogP contribution in [0.3, 0.4) is 0 Å². The molecule has 0 unspecified atom stereocenters. The normalized spacial score (nSPS) is 10.9. The number of fused-ring (bicyclic) bond motifs is 1. The summed E-state index contributed by atoms with van der Waals surface area (Å²) in [6.45, 7) is -0.172. The number of hydrogen-bond acceptors (Lipinski definition) is 6. The average Bonchev–Trinajstić information content (AvgIpc) is 3.57. The molecule has 4 aromatic heterocycles. The molecular weight excluding hydrogens is 432 g/mol. The Balaban J connectivity index is 1.43. The van der Waals surface area contributed by atoms with Gasteiger partial charge in [-0.1, -0.05) is 12.1 Å². The number of methoxy groups -OCH3 is 1. The van der Waals surface area contributed by atoms with Crippen LogP contribution in [0.2, 0.25) is 0 Å². The smallest absolute Gasteiger partial charge is 0.325 e. The van der Waals surface area contributed by atoms with E-state index in [1.54, 1.807) is 30.9 Å². The van der Waals surface area contributed by atoms with Crippen molar-refractivity contribution < 1.29 is 18.7 Å². The fraction of sp³-hybridized carbons (Fsp3) is 0.0769. The predicted molar refractivity (Wildman–Crippen MR) is 126 cm³/mol. The molecule has 8 heteroatoms. The third-order valence-corrected chi connectivity index (χ3v) is 5.48. The van der Waals surface area contributed by atoms with Gasteiger partial charge in [-0.15, -0.1) is 0 Å². The number of imidazole rings is 1. The van der Waals surface area contributed by atoms with Crippen LogP contribution in [-0.2, 0) is 9.53 Å². The van der Waals surface area contributed by atoms with Crippen LogP contribution in [0, 0.1) is 0 Å². The highest BCUT2D eigenvalue weighted by molar-refractivity contribution is 5.96. The van der Waals surface area contributed by atoms with E-state index >= 15 is 0 Å². The van der Waals surface area contributed by atoms with Crippen molar-refractivity contribution in [3.8, 4) is 33.6 Å². The molecule has 0 aliphatic heterocycles. The first-order valence-corrected chi connectivity index (χ1v) is 10.5. The topological polar surface area (TPSA) is 98.7 Å². The first-order valence-electron chi connectivity index (χ1n) is 10.5. The van der Waals surface area contributed by atoms with Crippen LogP contribution in [0.25, 0.3) is 39.3 Å². The summed E-state index contributed by atoms with van der Waals surface area (Å²) in [4.78, 5) is 32.4. The molecule has 1 amide bonds. The predicted octanol–water partition coefficient (Wildman–Crippen LogP) is 4.23. The second-order valence-corrected chi connectivity index (χ2v) is 7.57. The van der Waals surface area contributed by atoms with Gasteiger partial charge in [0.05, 0.1) is 37.2 Å². The molecule has 8 nitrogen and oxygen atoms in total. The molecule has 0 bridgehead atoms. The fourth-order valence-electron chi connectivity index (χ4n) is 3.66. The van der Waals surface area contributed by atoms with Crippen molar-refractivity contribution >= 4 is 17.5 Å². The van der Waals surface area contributed by atoms with E-state index in [0.717, 1.165) is 39.3 Å². The van der Waals surface area contributed by atoms with E-state index < -0.39 is 5.97 Å². The first kappa shape index (κ1) is 21.1. The Kier molecular flexibility index (Phi) is 5.61. The number of esters is 1. The molecule has 34 heavy (non-hydrogen) atoms. The number of hydrogen-bond donors (Lipinski definition) is 1. The molecule has 5 aromatic rings. The van der Waals surface area contributed by atoms with Gasteiger partial charge in [-0.2, -0.15) is 0 Å². The van der Waals surface area contributed by atoms with E-state index in [9.17, 15) is 9.59 Å². The van der Waals surface area contributed by atoms with Crippen LogP contribution in [0.5, 0.6) is 0 Å². The molecule has 168 valence electrons. The van der Waals surface area contributed by atoms with Crippen LogP contribution in [0.15, 0.2) is 90.1 Å². The van der Waals surface area contributed by atoms with Gasteiger partial charge in [-0.25, -0.2) is 4.98 Å². The summed E-state index contributed by atoms with van der Waals surface area (Å²) in [5.41, 5.74) is 6.83. The van der Waals surface area contributed by atoms with Crippen molar-refractivity contribution in [2.45, 2.75) is 0 Å². The second kappa shape index (κ2) is 9.03. The minimum absolute atomic E-state index is 0.172. The lowest BCUT2D eigenvalue weighted by Gasteiger charge is -2.08. The lowest BCUT2D eigenvalue weighted by molar-refractivity contribution is -0.139. The number of ether oxygens (including phenoxy) is 1. The van der Waals surface area contributed by atoms with Crippen molar-refractivity contribution in [2.75, 3.05) is 13.7 Å². The molecule has 0 saturated heterocycles. The van der Waals surface area contributed by atoms with Crippen LogP contribution >= 0.6 is 0 Å². The van der Waals surface area contributed by atoms with Gasteiger partial charge in [0.25, 0.3) is 5.91 Å².